The summed E-state index contributed by atoms with van der Waals surface area (Å²) in [5.74, 6) is 0.713. The molecule has 0 fully saturated rings. The Bertz CT molecular complexity index is 1080. The molecule has 0 atom stereocenters. The Morgan fingerprint density at radius 1 is 1.06 bits per heavy atom. The monoisotopic (exact) mass is 451 g/mol. The zero-order chi connectivity index (χ0) is 22.9. The molecule has 3 rings (SSSR count). The van der Waals surface area contributed by atoms with Gasteiger partial charge in [-0.3, -0.25) is 9.59 Å². The largest absolute Gasteiger partial charge is 0.494 e. The number of amides is 1. The minimum absolute atomic E-state index is 0.0787. The molecule has 6 nitrogen and oxygen atoms in total. The highest BCUT2D eigenvalue weighted by Gasteiger charge is 2.07. The van der Waals surface area contributed by atoms with Crippen LogP contribution in [0.25, 0.3) is 11.3 Å². The number of rotatable bonds is 10. The lowest BCUT2D eigenvalue weighted by Gasteiger charge is -2.10. The second-order valence-corrected chi connectivity index (χ2v) is 9.22. The van der Waals surface area contributed by atoms with Gasteiger partial charge in [-0.2, -0.15) is 5.10 Å². The Morgan fingerprint density at radius 2 is 1.78 bits per heavy atom. The number of aromatic nitrogens is 2. The van der Waals surface area contributed by atoms with E-state index in [4.69, 9.17) is 4.74 Å². The summed E-state index contributed by atoms with van der Waals surface area (Å²) < 4.78 is 6.84. The molecule has 1 aromatic heterocycles. The number of nitrogens with one attached hydrogen (secondary N) is 1. The summed E-state index contributed by atoms with van der Waals surface area (Å²) in [7, 11) is 0. The number of benzene rings is 2. The van der Waals surface area contributed by atoms with Gasteiger partial charge < -0.3 is 10.1 Å². The van der Waals surface area contributed by atoms with Gasteiger partial charge >= 0.3 is 0 Å². The fraction of sp³-hybridized carbons (Fsp3) is 0.320. The van der Waals surface area contributed by atoms with Crippen molar-refractivity contribution in [2.75, 3.05) is 13.2 Å². The van der Waals surface area contributed by atoms with Gasteiger partial charge in [0.25, 0.3) is 5.56 Å². The molecule has 1 N–H and O–H groups in total. The van der Waals surface area contributed by atoms with Crippen LogP contribution in [0.3, 0.4) is 0 Å². The molecule has 0 bridgehead atoms. The van der Waals surface area contributed by atoms with Crippen LogP contribution >= 0.6 is 11.8 Å². The molecule has 0 radical (unpaired) electrons. The van der Waals surface area contributed by atoms with E-state index < -0.39 is 0 Å². The van der Waals surface area contributed by atoms with Gasteiger partial charge in [0.1, 0.15) is 5.75 Å². The molecule has 0 saturated heterocycles. The van der Waals surface area contributed by atoms with Gasteiger partial charge in [-0.05, 0) is 55.0 Å². The van der Waals surface area contributed by atoms with Crippen LogP contribution in [0, 0.1) is 0 Å². The third-order valence-electron chi connectivity index (χ3n) is 4.63. The minimum atomic E-state index is -0.202. The molecule has 0 aliphatic rings. The molecule has 3 aromatic rings. The van der Waals surface area contributed by atoms with Crippen molar-refractivity contribution < 1.29 is 9.53 Å². The summed E-state index contributed by atoms with van der Waals surface area (Å²) in [6, 6.07) is 18.8. The number of carbonyl (C=O) groups is 1. The van der Waals surface area contributed by atoms with Crippen molar-refractivity contribution in [3.05, 3.63) is 76.6 Å². The van der Waals surface area contributed by atoms with Crippen LogP contribution in [0.2, 0.25) is 0 Å². The molecular weight excluding hydrogens is 422 g/mol. The Hall–Kier alpha value is -3.06. The average molecular weight is 452 g/mol. The number of nitrogens with zero attached hydrogens (tertiary/aromatic N) is 2. The predicted molar refractivity (Wildman–Crippen MR) is 129 cm³/mol. The summed E-state index contributed by atoms with van der Waals surface area (Å²) in [5.41, 5.74) is 2.35. The van der Waals surface area contributed by atoms with Crippen molar-refractivity contribution in [2.24, 2.45) is 0 Å². The van der Waals surface area contributed by atoms with Crippen LogP contribution < -0.4 is 15.6 Å². The second-order valence-electron chi connectivity index (χ2n) is 7.57. The fourth-order valence-corrected chi connectivity index (χ4v) is 4.00. The molecule has 2 aromatic carbocycles. The summed E-state index contributed by atoms with van der Waals surface area (Å²) in [5, 5.41) is 7.84. The number of thioether (sulfide) groups is 1. The summed E-state index contributed by atoms with van der Waals surface area (Å²) >= 11 is 1.79. The first-order valence-electron chi connectivity index (χ1n) is 10.8. The lowest BCUT2D eigenvalue weighted by Crippen LogP contribution is -2.32. The van der Waals surface area contributed by atoms with Gasteiger partial charge in [-0.1, -0.05) is 26.0 Å². The zero-order valence-corrected chi connectivity index (χ0v) is 19.5. The van der Waals surface area contributed by atoms with E-state index in [1.54, 1.807) is 17.8 Å². The van der Waals surface area contributed by atoms with E-state index in [0.29, 0.717) is 37.1 Å². The highest BCUT2D eigenvalue weighted by molar-refractivity contribution is 7.99. The van der Waals surface area contributed by atoms with Crippen molar-refractivity contribution in [1.82, 2.24) is 15.1 Å². The number of carbonyl (C=O) groups excluding carboxylic acids is 1. The van der Waals surface area contributed by atoms with Crippen molar-refractivity contribution in [3.63, 3.8) is 0 Å². The SMILES string of the molecule is CCOc1ccc(-c2ccc(=O)n(CCNC(=O)Cc3ccc(SC(C)C)cc3)n2)cc1. The molecule has 0 aliphatic carbocycles. The van der Waals surface area contributed by atoms with Crippen LogP contribution in [0.15, 0.2) is 70.4 Å². The van der Waals surface area contributed by atoms with E-state index in [1.807, 2.05) is 55.5 Å². The van der Waals surface area contributed by atoms with Gasteiger partial charge in [-0.25, -0.2) is 4.68 Å². The molecule has 7 heteroatoms. The zero-order valence-electron chi connectivity index (χ0n) is 18.7. The van der Waals surface area contributed by atoms with Crippen LogP contribution in [0.1, 0.15) is 26.3 Å². The molecule has 1 heterocycles. The maximum atomic E-state index is 12.3. The highest BCUT2D eigenvalue weighted by atomic mass is 32.2. The van der Waals surface area contributed by atoms with Crippen molar-refractivity contribution in [2.45, 2.75) is 43.9 Å². The quantitative estimate of drug-likeness (QED) is 0.469. The van der Waals surface area contributed by atoms with E-state index in [-0.39, 0.29) is 11.5 Å². The average Bonchev–Trinajstić information content (AvgIpc) is 2.77. The van der Waals surface area contributed by atoms with Crippen LogP contribution in [0.4, 0.5) is 0 Å². The van der Waals surface area contributed by atoms with E-state index >= 15 is 0 Å². The maximum Gasteiger partial charge on any atom is 0.266 e. The van der Waals surface area contributed by atoms with Crippen LogP contribution in [-0.4, -0.2) is 34.1 Å². The van der Waals surface area contributed by atoms with Crippen molar-refractivity contribution in [1.29, 1.82) is 0 Å². The highest BCUT2D eigenvalue weighted by Crippen LogP contribution is 2.23. The lowest BCUT2D eigenvalue weighted by atomic mass is 10.1. The van der Waals surface area contributed by atoms with E-state index in [1.165, 1.54) is 15.6 Å². The molecule has 0 saturated carbocycles. The summed E-state index contributed by atoms with van der Waals surface area (Å²) in [6.45, 7) is 7.49. The molecule has 168 valence electrons. The lowest BCUT2D eigenvalue weighted by molar-refractivity contribution is -0.120. The molecule has 0 unspecified atom stereocenters. The van der Waals surface area contributed by atoms with E-state index in [2.05, 4.69) is 24.3 Å². The van der Waals surface area contributed by atoms with Gasteiger partial charge in [-0.15, -0.1) is 11.8 Å². The fourth-order valence-electron chi connectivity index (χ4n) is 3.16. The standard InChI is InChI=1S/C25H29N3O3S/c1-4-31-21-9-7-20(8-10-21)23-13-14-25(30)28(27-23)16-15-26-24(29)17-19-5-11-22(12-6-19)32-18(2)3/h5-14,18H,4,15-17H2,1-3H3,(H,26,29). The first kappa shape index (κ1) is 23.6. The first-order valence-corrected chi connectivity index (χ1v) is 11.7. The Kier molecular flexibility index (Phi) is 8.50. The van der Waals surface area contributed by atoms with Crippen molar-refractivity contribution in [3.8, 4) is 17.0 Å². The third kappa shape index (κ3) is 6.99. The normalized spacial score (nSPS) is 10.9. The van der Waals surface area contributed by atoms with Gasteiger partial charge in [0.2, 0.25) is 5.91 Å². The van der Waals surface area contributed by atoms with Gasteiger partial charge in [0.05, 0.1) is 25.3 Å². The second kappa shape index (κ2) is 11.5. The first-order chi connectivity index (χ1) is 15.4. The summed E-state index contributed by atoms with van der Waals surface area (Å²) in [4.78, 5) is 25.7. The molecule has 0 aliphatic heterocycles. The number of ether oxygens (including phenoxy) is 1. The number of hydrogen-bond acceptors (Lipinski definition) is 5. The Morgan fingerprint density at radius 3 is 2.44 bits per heavy atom. The third-order valence-corrected chi connectivity index (χ3v) is 5.65. The van der Waals surface area contributed by atoms with E-state index in [9.17, 15) is 9.59 Å². The minimum Gasteiger partial charge on any atom is -0.494 e. The van der Waals surface area contributed by atoms with E-state index in [0.717, 1.165) is 16.9 Å². The molecular formula is C25H29N3O3S. The Labute approximate surface area is 193 Å². The summed E-state index contributed by atoms with van der Waals surface area (Å²) in [6.07, 6.45) is 0.307. The molecule has 32 heavy (non-hydrogen) atoms. The number of hydrogen-bond donors (Lipinski definition) is 1. The smallest absolute Gasteiger partial charge is 0.266 e. The predicted octanol–water partition coefficient (Wildman–Crippen LogP) is 4.17. The topological polar surface area (TPSA) is 73.2 Å². The van der Waals surface area contributed by atoms with Crippen LogP contribution in [0.5, 0.6) is 5.75 Å². The van der Waals surface area contributed by atoms with Gasteiger partial charge in [0.15, 0.2) is 0 Å². The molecule has 1 amide bonds. The van der Waals surface area contributed by atoms with Crippen molar-refractivity contribution >= 4 is 17.7 Å². The van der Waals surface area contributed by atoms with Gasteiger partial charge in [0, 0.05) is 28.3 Å². The van der Waals surface area contributed by atoms with Crippen LogP contribution in [-0.2, 0) is 17.8 Å². The maximum absolute atomic E-state index is 12.3. The Balaban J connectivity index is 1.54. The molecule has 0 spiro atoms.